The average Bonchev–Trinajstić information content (AvgIpc) is 2.03. The van der Waals surface area contributed by atoms with Crippen molar-refractivity contribution in [1.29, 1.82) is 0 Å². The highest BCUT2D eigenvalue weighted by Gasteiger charge is 2.11. The molecule has 12 heavy (non-hydrogen) atoms. The first-order valence-corrected chi connectivity index (χ1v) is 3.80. The Morgan fingerprint density at radius 1 is 1.50 bits per heavy atom. The number of benzene rings is 1. The Morgan fingerprint density at radius 2 is 2.17 bits per heavy atom. The zero-order chi connectivity index (χ0) is 9.14. The summed E-state index contributed by atoms with van der Waals surface area (Å²) in [5.41, 5.74) is 5.96. The van der Waals surface area contributed by atoms with E-state index in [-0.39, 0.29) is 11.9 Å². The molecule has 2 nitrogen and oxygen atoms in total. The number of halogens is 1. The lowest BCUT2D eigenvalue weighted by molar-refractivity contribution is 0.153. The predicted octanol–water partition coefficient (Wildman–Crippen LogP) is 1.21. The molecule has 0 aliphatic heterocycles. The third-order valence-corrected chi connectivity index (χ3v) is 1.69. The lowest BCUT2D eigenvalue weighted by atomic mass is 10.0. The van der Waals surface area contributed by atoms with E-state index in [2.05, 4.69) is 0 Å². The number of rotatable bonds is 2. The van der Waals surface area contributed by atoms with Crippen LogP contribution >= 0.6 is 0 Å². The minimum absolute atomic E-state index is 0.354. The number of nitrogens with two attached hydrogens (primary N) is 1. The minimum Gasteiger partial charge on any atom is -0.387 e. The van der Waals surface area contributed by atoms with Gasteiger partial charge in [0.05, 0.1) is 6.10 Å². The van der Waals surface area contributed by atoms with Gasteiger partial charge in [0.15, 0.2) is 0 Å². The van der Waals surface area contributed by atoms with Crippen LogP contribution in [-0.4, -0.2) is 11.1 Å². The molecule has 0 aliphatic carbocycles. The molecule has 1 aromatic carbocycles. The zero-order valence-electron chi connectivity index (χ0n) is 6.87. The molecule has 0 heterocycles. The van der Waals surface area contributed by atoms with E-state index in [1.807, 2.05) is 0 Å². The molecule has 0 amide bonds. The third-order valence-electron chi connectivity index (χ3n) is 1.69. The molecule has 66 valence electrons. The lowest BCUT2D eigenvalue weighted by Gasteiger charge is -2.14. The van der Waals surface area contributed by atoms with Crippen molar-refractivity contribution in [3.8, 4) is 0 Å². The van der Waals surface area contributed by atoms with Crippen molar-refractivity contribution < 1.29 is 9.50 Å². The Bertz CT molecular complexity index is 262. The largest absolute Gasteiger partial charge is 0.387 e. The maximum atomic E-state index is 12.6. The van der Waals surface area contributed by atoms with E-state index >= 15 is 0 Å². The van der Waals surface area contributed by atoms with Gasteiger partial charge < -0.3 is 10.8 Å². The van der Waals surface area contributed by atoms with E-state index < -0.39 is 6.10 Å². The molecule has 1 aromatic rings. The van der Waals surface area contributed by atoms with Crippen LogP contribution in [0.15, 0.2) is 24.3 Å². The van der Waals surface area contributed by atoms with Gasteiger partial charge in [-0.05, 0) is 24.6 Å². The summed E-state index contributed by atoms with van der Waals surface area (Å²) in [5, 5.41) is 9.43. The molecule has 0 radical (unpaired) electrons. The van der Waals surface area contributed by atoms with Gasteiger partial charge in [-0.25, -0.2) is 4.39 Å². The van der Waals surface area contributed by atoms with Gasteiger partial charge in [-0.2, -0.15) is 0 Å². The molecule has 0 aliphatic rings. The van der Waals surface area contributed by atoms with Crippen LogP contribution in [0.25, 0.3) is 0 Å². The molecule has 0 bridgehead atoms. The minimum atomic E-state index is -0.791. The molecule has 0 fully saturated rings. The van der Waals surface area contributed by atoms with Crippen molar-refractivity contribution in [2.24, 2.45) is 5.73 Å². The van der Waals surface area contributed by atoms with Gasteiger partial charge in [0.2, 0.25) is 0 Å². The van der Waals surface area contributed by atoms with Crippen molar-refractivity contribution in [1.82, 2.24) is 0 Å². The summed E-state index contributed by atoms with van der Waals surface area (Å²) in [4.78, 5) is 0. The first-order valence-electron chi connectivity index (χ1n) is 3.80. The van der Waals surface area contributed by atoms with Crippen LogP contribution in [0.2, 0.25) is 0 Å². The Balaban J connectivity index is 2.88. The van der Waals surface area contributed by atoms with E-state index in [0.29, 0.717) is 5.56 Å². The van der Waals surface area contributed by atoms with Crippen LogP contribution in [0.3, 0.4) is 0 Å². The van der Waals surface area contributed by atoms with Crippen LogP contribution in [-0.2, 0) is 0 Å². The fraction of sp³-hybridized carbons (Fsp3) is 0.333. The van der Waals surface area contributed by atoms with Gasteiger partial charge in [0.1, 0.15) is 5.82 Å². The van der Waals surface area contributed by atoms with Crippen molar-refractivity contribution in [2.75, 3.05) is 0 Å². The van der Waals surface area contributed by atoms with Crippen LogP contribution in [0, 0.1) is 5.82 Å². The summed E-state index contributed by atoms with van der Waals surface area (Å²) in [6.45, 7) is 1.68. The molecule has 0 spiro atoms. The highest BCUT2D eigenvalue weighted by atomic mass is 19.1. The van der Waals surface area contributed by atoms with Crippen molar-refractivity contribution in [3.05, 3.63) is 35.6 Å². The quantitative estimate of drug-likeness (QED) is 0.699. The van der Waals surface area contributed by atoms with E-state index in [4.69, 9.17) is 5.73 Å². The summed E-state index contributed by atoms with van der Waals surface area (Å²) < 4.78 is 12.6. The van der Waals surface area contributed by atoms with Crippen LogP contribution in [0.4, 0.5) is 4.39 Å². The van der Waals surface area contributed by atoms with Gasteiger partial charge >= 0.3 is 0 Å². The molecule has 0 saturated heterocycles. The second kappa shape index (κ2) is 3.65. The summed E-state index contributed by atoms with van der Waals surface area (Å²) in [6, 6.07) is 5.44. The number of aliphatic hydroxyl groups is 1. The summed E-state index contributed by atoms with van der Waals surface area (Å²) in [5.74, 6) is -0.354. The van der Waals surface area contributed by atoms with Gasteiger partial charge in [-0.15, -0.1) is 0 Å². The Kier molecular flexibility index (Phi) is 2.78. The monoisotopic (exact) mass is 169 g/mol. The van der Waals surface area contributed by atoms with Crippen LogP contribution in [0.1, 0.15) is 18.6 Å². The second-order valence-electron chi connectivity index (χ2n) is 2.86. The lowest BCUT2D eigenvalue weighted by Crippen LogP contribution is -2.24. The molecule has 0 saturated carbocycles. The Labute approximate surface area is 70.8 Å². The molecule has 3 N–H and O–H groups in total. The average molecular weight is 169 g/mol. The van der Waals surface area contributed by atoms with E-state index in [1.165, 1.54) is 12.1 Å². The van der Waals surface area contributed by atoms with E-state index in [0.717, 1.165) is 0 Å². The van der Waals surface area contributed by atoms with Crippen molar-refractivity contribution in [2.45, 2.75) is 19.1 Å². The predicted molar refractivity (Wildman–Crippen MR) is 45.0 cm³/mol. The van der Waals surface area contributed by atoms with Gasteiger partial charge in [0.25, 0.3) is 0 Å². The highest BCUT2D eigenvalue weighted by molar-refractivity contribution is 5.19. The standard InChI is InChI=1S/C9H12FNO/c1-6(11)9(12)7-3-2-4-8(10)5-7/h2-6,9,12H,11H2,1H3/t6-,9-/m0/s1. The van der Waals surface area contributed by atoms with Crippen LogP contribution in [0.5, 0.6) is 0 Å². The first kappa shape index (κ1) is 9.16. The summed E-state index contributed by atoms with van der Waals surface area (Å²) >= 11 is 0. The van der Waals surface area contributed by atoms with Crippen LogP contribution < -0.4 is 5.73 Å². The number of hydrogen-bond donors (Lipinski definition) is 2. The molecule has 3 heteroatoms. The Hall–Kier alpha value is -0.930. The molecule has 2 atom stereocenters. The van der Waals surface area contributed by atoms with Gasteiger partial charge in [-0.3, -0.25) is 0 Å². The number of hydrogen-bond acceptors (Lipinski definition) is 2. The molecule has 1 rings (SSSR count). The maximum Gasteiger partial charge on any atom is 0.123 e. The second-order valence-corrected chi connectivity index (χ2v) is 2.86. The van der Waals surface area contributed by atoms with E-state index in [1.54, 1.807) is 19.1 Å². The summed E-state index contributed by atoms with van der Waals surface area (Å²) in [7, 11) is 0. The van der Waals surface area contributed by atoms with Crippen molar-refractivity contribution >= 4 is 0 Å². The van der Waals surface area contributed by atoms with Gasteiger partial charge in [-0.1, -0.05) is 12.1 Å². The summed E-state index contributed by atoms with van der Waals surface area (Å²) in [6.07, 6.45) is -0.791. The smallest absolute Gasteiger partial charge is 0.123 e. The van der Waals surface area contributed by atoms with Crippen molar-refractivity contribution in [3.63, 3.8) is 0 Å². The zero-order valence-corrected chi connectivity index (χ0v) is 6.87. The number of aliphatic hydroxyl groups excluding tert-OH is 1. The first-order chi connectivity index (χ1) is 5.61. The SMILES string of the molecule is C[C@H](N)[C@H](O)c1cccc(F)c1. The fourth-order valence-corrected chi connectivity index (χ4v) is 0.994. The molecular formula is C9H12FNO. The highest BCUT2D eigenvalue weighted by Crippen LogP contribution is 2.15. The van der Waals surface area contributed by atoms with Gasteiger partial charge in [0, 0.05) is 6.04 Å². The normalized spacial score (nSPS) is 15.7. The molecule has 0 unspecified atom stereocenters. The molecular weight excluding hydrogens is 157 g/mol. The maximum absolute atomic E-state index is 12.6. The topological polar surface area (TPSA) is 46.2 Å². The Morgan fingerprint density at radius 3 is 2.67 bits per heavy atom. The van der Waals surface area contributed by atoms with E-state index in [9.17, 15) is 9.50 Å². The third kappa shape index (κ3) is 2.03. The molecule has 0 aromatic heterocycles. The fourth-order valence-electron chi connectivity index (χ4n) is 0.994.